The van der Waals surface area contributed by atoms with Crippen molar-refractivity contribution in [1.29, 1.82) is 0 Å². The SMILES string of the molecule is CCOc1cc(C=C(NC(=O)c2ccccc2)C(=O)O)cc(Cl)c1OCc1cccc(C)c1. The monoisotopic (exact) mass is 465 g/mol. The van der Waals surface area contributed by atoms with Crippen LogP contribution in [0.1, 0.15) is 34.0 Å². The molecule has 3 aromatic carbocycles. The first-order valence-electron chi connectivity index (χ1n) is 10.3. The summed E-state index contributed by atoms with van der Waals surface area (Å²) < 4.78 is 11.6. The zero-order chi connectivity index (χ0) is 23.8. The van der Waals surface area contributed by atoms with Gasteiger partial charge in [0.1, 0.15) is 12.3 Å². The number of aryl methyl sites for hydroxylation is 1. The quantitative estimate of drug-likeness (QED) is 0.408. The van der Waals surface area contributed by atoms with Crippen molar-refractivity contribution in [3.05, 3.63) is 99.7 Å². The van der Waals surface area contributed by atoms with E-state index < -0.39 is 11.9 Å². The van der Waals surface area contributed by atoms with E-state index in [1.54, 1.807) is 42.5 Å². The molecule has 0 bridgehead atoms. The number of carboxylic acids is 1. The molecule has 6 nitrogen and oxygen atoms in total. The van der Waals surface area contributed by atoms with Crippen LogP contribution in [0.3, 0.4) is 0 Å². The Morgan fingerprint density at radius 1 is 1.03 bits per heavy atom. The van der Waals surface area contributed by atoms with Crippen LogP contribution in [-0.4, -0.2) is 23.6 Å². The minimum Gasteiger partial charge on any atom is -0.490 e. The Hall–Kier alpha value is -3.77. The molecule has 0 aromatic heterocycles. The third kappa shape index (κ3) is 6.60. The second-order valence-electron chi connectivity index (χ2n) is 7.22. The van der Waals surface area contributed by atoms with Crippen LogP contribution in [0.2, 0.25) is 5.02 Å². The molecule has 0 fully saturated rings. The van der Waals surface area contributed by atoms with Crippen LogP contribution in [0.15, 0.2) is 72.4 Å². The highest BCUT2D eigenvalue weighted by Gasteiger charge is 2.16. The summed E-state index contributed by atoms with van der Waals surface area (Å²) in [6.45, 7) is 4.48. The third-order valence-corrected chi connectivity index (χ3v) is 4.90. The van der Waals surface area contributed by atoms with Crippen molar-refractivity contribution in [3.8, 4) is 11.5 Å². The zero-order valence-corrected chi connectivity index (χ0v) is 19.1. The van der Waals surface area contributed by atoms with Gasteiger partial charge in [-0.05, 0) is 55.3 Å². The molecule has 3 aromatic rings. The molecule has 2 N–H and O–H groups in total. The summed E-state index contributed by atoms with van der Waals surface area (Å²) >= 11 is 6.46. The van der Waals surface area contributed by atoms with Gasteiger partial charge >= 0.3 is 5.97 Å². The Labute approximate surface area is 197 Å². The van der Waals surface area contributed by atoms with Crippen molar-refractivity contribution in [1.82, 2.24) is 5.32 Å². The lowest BCUT2D eigenvalue weighted by molar-refractivity contribution is -0.132. The molecule has 0 aliphatic rings. The molecule has 0 saturated carbocycles. The highest BCUT2D eigenvalue weighted by atomic mass is 35.5. The second kappa shape index (κ2) is 11.2. The van der Waals surface area contributed by atoms with E-state index >= 15 is 0 Å². The Balaban J connectivity index is 1.87. The van der Waals surface area contributed by atoms with Gasteiger partial charge in [0.05, 0.1) is 11.6 Å². The van der Waals surface area contributed by atoms with Crippen molar-refractivity contribution < 1.29 is 24.2 Å². The maximum Gasteiger partial charge on any atom is 0.352 e. The number of carbonyl (C=O) groups excluding carboxylic acids is 1. The molecule has 0 atom stereocenters. The molecule has 0 unspecified atom stereocenters. The van der Waals surface area contributed by atoms with Crippen LogP contribution in [0.25, 0.3) is 6.08 Å². The minimum absolute atomic E-state index is 0.263. The fourth-order valence-electron chi connectivity index (χ4n) is 3.13. The molecule has 7 heteroatoms. The Morgan fingerprint density at radius 2 is 1.79 bits per heavy atom. The van der Waals surface area contributed by atoms with Crippen molar-refractivity contribution >= 4 is 29.6 Å². The molecule has 0 heterocycles. The number of rotatable bonds is 9. The average molecular weight is 466 g/mol. The molecule has 0 spiro atoms. The number of carbonyl (C=O) groups is 2. The van der Waals surface area contributed by atoms with Crippen molar-refractivity contribution in [3.63, 3.8) is 0 Å². The fourth-order valence-corrected chi connectivity index (χ4v) is 3.41. The molecule has 1 amide bonds. The molecular weight excluding hydrogens is 442 g/mol. The minimum atomic E-state index is -1.28. The first kappa shape index (κ1) is 23.9. The lowest BCUT2D eigenvalue weighted by Gasteiger charge is -2.15. The van der Waals surface area contributed by atoms with Crippen LogP contribution in [0.4, 0.5) is 0 Å². The lowest BCUT2D eigenvalue weighted by Crippen LogP contribution is -2.27. The van der Waals surface area contributed by atoms with Gasteiger partial charge < -0.3 is 19.9 Å². The summed E-state index contributed by atoms with van der Waals surface area (Å²) in [5.74, 6) is -1.07. The number of amides is 1. The summed E-state index contributed by atoms with van der Waals surface area (Å²) in [5, 5.41) is 12.3. The molecule has 0 aliphatic heterocycles. The van der Waals surface area contributed by atoms with E-state index in [4.69, 9.17) is 21.1 Å². The topological polar surface area (TPSA) is 84.9 Å². The average Bonchev–Trinajstić information content (AvgIpc) is 2.79. The standard InChI is InChI=1S/C26H24ClNO5/c1-3-32-23-15-19(13-21(27)24(23)33-16-18-9-7-8-17(2)12-18)14-22(26(30)31)28-25(29)20-10-5-4-6-11-20/h4-15H,3,16H2,1-2H3,(H,28,29)(H,30,31). The number of carboxylic acid groups (broad SMARTS) is 1. The fraction of sp³-hybridized carbons (Fsp3) is 0.154. The molecular formula is C26H24ClNO5. The first-order chi connectivity index (χ1) is 15.9. The largest absolute Gasteiger partial charge is 0.490 e. The van der Waals surface area contributed by atoms with E-state index in [1.807, 2.05) is 38.1 Å². The van der Waals surface area contributed by atoms with Gasteiger partial charge in [-0.2, -0.15) is 0 Å². The van der Waals surface area contributed by atoms with Crippen LogP contribution < -0.4 is 14.8 Å². The van der Waals surface area contributed by atoms with Gasteiger partial charge in [-0.1, -0.05) is 59.6 Å². The van der Waals surface area contributed by atoms with Crippen molar-refractivity contribution in [2.24, 2.45) is 0 Å². The number of hydrogen-bond acceptors (Lipinski definition) is 4. The smallest absolute Gasteiger partial charge is 0.352 e. The van der Waals surface area contributed by atoms with E-state index in [0.29, 0.717) is 35.8 Å². The summed E-state index contributed by atoms with van der Waals surface area (Å²) in [4.78, 5) is 24.1. The molecule has 33 heavy (non-hydrogen) atoms. The number of hydrogen-bond donors (Lipinski definition) is 2. The number of aliphatic carboxylic acids is 1. The van der Waals surface area contributed by atoms with E-state index in [9.17, 15) is 14.7 Å². The lowest BCUT2D eigenvalue weighted by atomic mass is 10.1. The molecule has 3 rings (SSSR count). The van der Waals surface area contributed by atoms with Crippen LogP contribution >= 0.6 is 11.6 Å². The van der Waals surface area contributed by atoms with E-state index in [1.165, 1.54) is 6.08 Å². The molecule has 170 valence electrons. The highest BCUT2D eigenvalue weighted by molar-refractivity contribution is 6.32. The van der Waals surface area contributed by atoms with Gasteiger partial charge in [0.15, 0.2) is 11.5 Å². The van der Waals surface area contributed by atoms with Gasteiger partial charge in [0, 0.05) is 5.56 Å². The number of halogens is 1. The Bertz CT molecular complexity index is 1170. The van der Waals surface area contributed by atoms with Gasteiger partial charge in [0.2, 0.25) is 0 Å². The van der Waals surface area contributed by atoms with Crippen molar-refractivity contribution in [2.75, 3.05) is 6.61 Å². The predicted molar refractivity (Wildman–Crippen MR) is 128 cm³/mol. The maximum atomic E-state index is 12.4. The first-order valence-corrected chi connectivity index (χ1v) is 10.7. The molecule has 0 radical (unpaired) electrons. The Kier molecular flexibility index (Phi) is 8.11. The summed E-state index contributed by atoms with van der Waals surface area (Å²) in [5.41, 5.74) is 2.59. The van der Waals surface area contributed by atoms with E-state index in [-0.39, 0.29) is 10.7 Å². The summed E-state index contributed by atoms with van der Waals surface area (Å²) in [6, 6.07) is 19.5. The summed E-state index contributed by atoms with van der Waals surface area (Å²) in [7, 11) is 0. The molecule has 0 aliphatic carbocycles. The Morgan fingerprint density at radius 3 is 2.45 bits per heavy atom. The normalized spacial score (nSPS) is 11.1. The number of ether oxygens (including phenoxy) is 2. The van der Waals surface area contributed by atoms with E-state index in [0.717, 1.165) is 11.1 Å². The van der Waals surface area contributed by atoms with Gasteiger partial charge in [-0.25, -0.2) is 4.79 Å². The maximum absolute atomic E-state index is 12.4. The van der Waals surface area contributed by atoms with Crippen molar-refractivity contribution in [2.45, 2.75) is 20.5 Å². The van der Waals surface area contributed by atoms with Crippen LogP contribution in [0.5, 0.6) is 11.5 Å². The summed E-state index contributed by atoms with van der Waals surface area (Å²) in [6.07, 6.45) is 1.32. The van der Waals surface area contributed by atoms with Gasteiger partial charge in [0.25, 0.3) is 5.91 Å². The number of nitrogens with one attached hydrogen (secondary N) is 1. The van der Waals surface area contributed by atoms with Gasteiger partial charge in [-0.15, -0.1) is 0 Å². The third-order valence-electron chi connectivity index (χ3n) is 4.62. The van der Waals surface area contributed by atoms with Crippen LogP contribution in [-0.2, 0) is 11.4 Å². The highest BCUT2D eigenvalue weighted by Crippen LogP contribution is 2.38. The second-order valence-corrected chi connectivity index (χ2v) is 7.63. The van der Waals surface area contributed by atoms with Gasteiger partial charge in [-0.3, -0.25) is 4.79 Å². The predicted octanol–water partition coefficient (Wildman–Crippen LogP) is 5.48. The number of benzene rings is 3. The zero-order valence-electron chi connectivity index (χ0n) is 18.3. The van der Waals surface area contributed by atoms with Crippen LogP contribution in [0, 0.1) is 6.92 Å². The molecule has 0 saturated heterocycles. The van der Waals surface area contributed by atoms with E-state index in [2.05, 4.69) is 5.32 Å².